The number of rotatable bonds is 3. The zero-order valence-corrected chi connectivity index (χ0v) is 8.16. The van der Waals surface area contributed by atoms with Crippen LogP contribution in [0.5, 0.6) is 11.5 Å². The van der Waals surface area contributed by atoms with Gasteiger partial charge in [0.2, 0.25) is 0 Å². The average molecular weight is 194 g/mol. The number of hydrogen-bond donors (Lipinski definition) is 1. The minimum Gasteiger partial charge on any atom is -0.497 e. The van der Waals surface area contributed by atoms with Crippen molar-refractivity contribution in [1.29, 1.82) is 0 Å². The van der Waals surface area contributed by atoms with Gasteiger partial charge in [-0.3, -0.25) is 4.79 Å². The molecule has 1 aromatic rings. The molecular formula is C10H12NO3. The van der Waals surface area contributed by atoms with E-state index in [1.165, 1.54) is 14.2 Å². The van der Waals surface area contributed by atoms with Gasteiger partial charge in [0.15, 0.2) is 0 Å². The van der Waals surface area contributed by atoms with Crippen molar-refractivity contribution in [1.82, 2.24) is 5.32 Å². The monoisotopic (exact) mass is 194 g/mol. The summed E-state index contributed by atoms with van der Waals surface area (Å²) in [5, 5.41) is 2.28. The Bertz CT molecular complexity index is 314. The zero-order valence-electron chi connectivity index (χ0n) is 8.16. The van der Waals surface area contributed by atoms with E-state index in [2.05, 4.69) is 12.4 Å². The Kier molecular flexibility index (Phi) is 3.34. The molecule has 0 heterocycles. The Labute approximate surface area is 82.8 Å². The lowest BCUT2D eigenvalue weighted by atomic mass is 10.2. The first-order chi connectivity index (χ1) is 6.71. The second kappa shape index (κ2) is 4.50. The number of methoxy groups -OCH3 is 2. The lowest BCUT2D eigenvalue weighted by Gasteiger charge is -2.06. The average Bonchev–Trinajstić information content (AvgIpc) is 2.27. The maximum absolute atomic E-state index is 11.3. The summed E-state index contributed by atoms with van der Waals surface area (Å²) in [6.07, 6.45) is 0. The van der Waals surface area contributed by atoms with Crippen LogP contribution in [0.1, 0.15) is 10.4 Å². The zero-order chi connectivity index (χ0) is 10.6. The maximum Gasteiger partial charge on any atom is 0.251 e. The van der Waals surface area contributed by atoms with Crippen LogP contribution in [0.15, 0.2) is 18.2 Å². The second-order valence-corrected chi connectivity index (χ2v) is 2.61. The first-order valence-electron chi connectivity index (χ1n) is 4.01. The summed E-state index contributed by atoms with van der Waals surface area (Å²) in [6.45, 7) is 0. The van der Waals surface area contributed by atoms with Gasteiger partial charge in [-0.1, -0.05) is 0 Å². The van der Waals surface area contributed by atoms with Gasteiger partial charge >= 0.3 is 0 Å². The third-order valence-electron chi connectivity index (χ3n) is 1.77. The molecule has 4 nitrogen and oxygen atoms in total. The Balaban J connectivity index is 3.10. The Hall–Kier alpha value is -1.71. The molecular weight excluding hydrogens is 182 g/mol. The third-order valence-corrected chi connectivity index (χ3v) is 1.77. The molecule has 0 aliphatic carbocycles. The van der Waals surface area contributed by atoms with Crippen LogP contribution in [0.2, 0.25) is 0 Å². The molecule has 0 saturated carbocycles. The number of ether oxygens (including phenoxy) is 2. The van der Waals surface area contributed by atoms with Crippen LogP contribution in [0.3, 0.4) is 0 Å². The van der Waals surface area contributed by atoms with Gasteiger partial charge in [-0.05, 0) is 12.1 Å². The largest absolute Gasteiger partial charge is 0.497 e. The molecule has 1 amide bonds. The SMILES string of the molecule is [CH2]NC(=O)c1cc(OC)cc(OC)c1. The molecule has 1 aromatic carbocycles. The summed E-state index contributed by atoms with van der Waals surface area (Å²) in [4.78, 5) is 11.3. The van der Waals surface area contributed by atoms with Gasteiger partial charge in [0, 0.05) is 18.7 Å². The molecule has 0 unspecified atom stereocenters. The highest BCUT2D eigenvalue weighted by Crippen LogP contribution is 2.22. The first kappa shape index (κ1) is 10.4. The number of carbonyl (C=O) groups excluding carboxylic acids is 1. The van der Waals surface area contributed by atoms with Gasteiger partial charge in [0.25, 0.3) is 5.91 Å². The number of nitrogens with one attached hydrogen (secondary N) is 1. The first-order valence-corrected chi connectivity index (χ1v) is 4.01. The summed E-state index contributed by atoms with van der Waals surface area (Å²) in [5.41, 5.74) is 0.455. The van der Waals surface area contributed by atoms with E-state index in [4.69, 9.17) is 9.47 Å². The van der Waals surface area contributed by atoms with Crippen molar-refractivity contribution >= 4 is 5.91 Å². The summed E-state index contributed by atoms with van der Waals surface area (Å²) >= 11 is 0. The van der Waals surface area contributed by atoms with Crippen LogP contribution in [-0.2, 0) is 0 Å². The Morgan fingerprint density at radius 1 is 1.21 bits per heavy atom. The standard InChI is InChI=1S/C10H12NO3/c1-11-10(12)7-4-8(13-2)6-9(5-7)14-3/h4-6H,1H2,2-3H3,(H,11,12). The fourth-order valence-electron chi connectivity index (χ4n) is 1.04. The molecule has 0 aliphatic rings. The fraction of sp³-hybridized carbons (Fsp3) is 0.200. The van der Waals surface area contributed by atoms with E-state index in [0.717, 1.165) is 0 Å². The van der Waals surface area contributed by atoms with E-state index >= 15 is 0 Å². The minimum absolute atomic E-state index is 0.276. The van der Waals surface area contributed by atoms with Gasteiger partial charge in [-0.2, -0.15) is 0 Å². The molecule has 1 N–H and O–H groups in total. The van der Waals surface area contributed by atoms with E-state index in [-0.39, 0.29) is 5.91 Å². The highest BCUT2D eigenvalue weighted by atomic mass is 16.5. The van der Waals surface area contributed by atoms with Gasteiger partial charge in [0.1, 0.15) is 11.5 Å². The Morgan fingerprint density at radius 2 is 1.71 bits per heavy atom. The van der Waals surface area contributed by atoms with Crippen molar-refractivity contribution in [3.63, 3.8) is 0 Å². The molecule has 0 aliphatic heterocycles. The van der Waals surface area contributed by atoms with Gasteiger partial charge in [-0.25, -0.2) is 0 Å². The number of hydrogen-bond acceptors (Lipinski definition) is 3. The second-order valence-electron chi connectivity index (χ2n) is 2.61. The molecule has 0 atom stereocenters. The van der Waals surface area contributed by atoms with Crippen molar-refractivity contribution < 1.29 is 14.3 Å². The van der Waals surface area contributed by atoms with Crippen molar-refractivity contribution in [2.24, 2.45) is 0 Å². The lowest BCUT2D eigenvalue weighted by molar-refractivity contribution is 0.0968. The van der Waals surface area contributed by atoms with E-state index in [1.54, 1.807) is 18.2 Å². The topological polar surface area (TPSA) is 47.6 Å². The lowest BCUT2D eigenvalue weighted by Crippen LogP contribution is -2.15. The van der Waals surface area contributed by atoms with Crippen molar-refractivity contribution in [3.05, 3.63) is 30.8 Å². The predicted molar refractivity (Wildman–Crippen MR) is 52.4 cm³/mol. The fourth-order valence-corrected chi connectivity index (χ4v) is 1.04. The normalized spacial score (nSPS) is 9.36. The highest BCUT2D eigenvalue weighted by molar-refractivity contribution is 5.95. The van der Waals surface area contributed by atoms with Gasteiger partial charge < -0.3 is 14.8 Å². The quantitative estimate of drug-likeness (QED) is 0.787. The minimum atomic E-state index is -0.276. The summed E-state index contributed by atoms with van der Waals surface area (Å²) < 4.78 is 10.0. The van der Waals surface area contributed by atoms with Crippen LogP contribution in [-0.4, -0.2) is 20.1 Å². The molecule has 1 radical (unpaired) electrons. The van der Waals surface area contributed by atoms with E-state index < -0.39 is 0 Å². The molecule has 14 heavy (non-hydrogen) atoms. The predicted octanol–water partition coefficient (Wildman–Crippen LogP) is 1.23. The van der Waals surface area contributed by atoms with E-state index in [0.29, 0.717) is 17.1 Å². The molecule has 4 heteroatoms. The summed E-state index contributed by atoms with van der Waals surface area (Å²) in [7, 11) is 6.35. The molecule has 1 rings (SSSR count). The van der Waals surface area contributed by atoms with Crippen molar-refractivity contribution in [3.8, 4) is 11.5 Å². The molecule has 0 spiro atoms. The van der Waals surface area contributed by atoms with Crippen LogP contribution in [0, 0.1) is 7.05 Å². The van der Waals surface area contributed by atoms with Crippen LogP contribution in [0.25, 0.3) is 0 Å². The Morgan fingerprint density at radius 3 is 2.07 bits per heavy atom. The number of carbonyl (C=O) groups is 1. The van der Waals surface area contributed by atoms with Crippen molar-refractivity contribution in [2.45, 2.75) is 0 Å². The molecule has 0 bridgehead atoms. The van der Waals surface area contributed by atoms with Crippen LogP contribution in [0.4, 0.5) is 0 Å². The maximum atomic E-state index is 11.3. The molecule has 0 saturated heterocycles. The molecule has 75 valence electrons. The van der Waals surface area contributed by atoms with Crippen LogP contribution < -0.4 is 14.8 Å². The summed E-state index contributed by atoms with van der Waals surface area (Å²) in [6, 6.07) is 4.92. The number of benzene rings is 1. The smallest absolute Gasteiger partial charge is 0.251 e. The van der Waals surface area contributed by atoms with Gasteiger partial charge in [0.05, 0.1) is 14.2 Å². The van der Waals surface area contributed by atoms with Crippen LogP contribution >= 0.6 is 0 Å². The number of amides is 1. The third kappa shape index (κ3) is 2.16. The molecule has 0 fully saturated rings. The molecule has 0 aromatic heterocycles. The van der Waals surface area contributed by atoms with E-state index in [9.17, 15) is 4.79 Å². The van der Waals surface area contributed by atoms with Gasteiger partial charge in [-0.15, -0.1) is 0 Å². The van der Waals surface area contributed by atoms with E-state index in [1.807, 2.05) is 0 Å². The van der Waals surface area contributed by atoms with Crippen molar-refractivity contribution in [2.75, 3.05) is 14.2 Å². The highest BCUT2D eigenvalue weighted by Gasteiger charge is 2.07. The summed E-state index contributed by atoms with van der Waals surface area (Å²) in [5.74, 6) is 0.869.